The Morgan fingerprint density at radius 3 is 2.73 bits per heavy atom. The second-order valence-electron chi connectivity index (χ2n) is 6.94. The van der Waals surface area contributed by atoms with Crippen LogP contribution in [-0.4, -0.2) is 33.3 Å². The minimum Gasteiger partial charge on any atom is -0.348 e. The van der Waals surface area contributed by atoms with Gasteiger partial charge in [0.05, 0.1) is 17.0 Å². The first-order chi connectivity index (χ1) is 10.1. The first-order valence-corrected chi connectivity index (χ1v) is 9.13. The first kappa shape index (κ1) is 17.3. The predicted molar refractivity (Wildman–Crippen MR) is 91.1 cm³/mol. The zero-order chi connectivity index (χ0) is 16.5. The molecule has 2 rings (SSSR count). The van der Waals surface area contributed by atoms with E-state index in [0.717, 1.165) is 10.7 Å². The van der Waals surface area contributed by atoms with Gasteiger partial charge in [-0.2, -0.15) is 0 Å². The van der Waals surface area contributed by atoms with E-state index in [1.807, 2.05) is 19.2 Å². The molecule has 2 N–H and O–H groups in total. The van der Waals surface area contributed by atoms with Crippen LogP contribution >= 0.6 is 23.1 Å². The van der Waals surface area contributed by atoms with E-state index in [4.69, 9.17) is 0 Å². The molecule has 122 valence electrons. The molecule has 1 aromatic heterocycles. The van der Waals surface area contributed by atoms with Gasteiger partial charge in [-0.15, -0.1) is 23.1 Å². The number of rotatable bonds is 3. The molecule has 2 amide bonds. The lowest BCUT2D eigenvalue weighted by Crippen LogP contribution is -2.57. The van der Waals surface area contributed by atoms with Crippen LogP contribution in [0, 0.1) is 0 Å². The smallest absolute Gasteiger partial charge is 0.243 e. The topological polar surface area (TPSA) is 71.1 Å². The van der Waals surface area contributed by atoms with Crippen LogP contribution in [0.25, 0.3) is 0 Å². The summed E-state index contributed by atoms with van der Waals surface area (Å²) < 4.78 is -0.465. The monoisotopic (exact) mass is 341 g/mol. The van der Waals surface area contributed by atoms with Crippen molar-refractivity contribution in [1.29, 1.82) is 0 Å². The van der Waals surface area contributed by atoms with Crippen LogP contribution in [0.4, 0.5) is 0 Å². The summed E-state index contributed by atoms with van der Waals surface area (Å²) in [5.74, 6) is 0.354. The Morgan fingerprint density at radius 2 is 2.18 bits per heavy atom. The first-order valence-electron chi connectivity index (χ1n) is 7.27. The molecule has 0 radical (unpaired) electrons. The minimum atomic E-state index is -0.465. The number of carbonyl (C=O) groups excluding carboxylic acids is 2. The third kappa shape index (κ3) is 4.01. The molecule has 1 atom stereocenters. The zero-order valence-electron chi connectivity index (χ0n) is 13.6. The Morgan fingerprint density at radius 1 is 1.50 bits per heavy atom. The fourth-order valence-electron chi connectivity index (χ4n) is 1.89. The highest BCUT2D eigenvalue weighted by atomic mass is 32.2. The number of hydrogen-bond acceptors (Lipinski definition) is 5. The van der Waals surface area contributed by atoms with E-state index in [9.17, 15) is 9.59 Å². The Kier molecular flexibility index (Phi) is 4.87. The summed E-state index contributed by atoms with van der Waals surface area (Å²) >= 11 is 3.06. The lowest BCUT2D eigenvalue weighted by Gasteiger charge is -2.32. The SMILES string of the molecule is CC1(C)SCC(C(=O)NCc2nc(C(C)(C)C)cs2)NC1=O. The molecule has 0 spiro atoms. The molecule has 0 aliphatic carbocycles. The maximum Gasteiger partial charge on any atom is 0.243 e. The van der Waals surface area contributed by atoms with Gasteiger partial charge >= 0.3 is 0 Å². The molecule has 0 saturated carbocycles. The van der Waals surface area contributed by atoms with E-state index in [-0.39, 0.29) is 17.2 Å². The maximum absolute atomic E-state index is 12.2. The number of aromatic nitrogens is 1. The molecule has 5 nitrogen and oxygen atoms in total. The number of amides is 2. The summed E-state index contributed by atoms with van der Waals surface area (Å²) in [6.45, 7) is 10.5. The fraction of sp³-hybridized carbons (Fsp3) is 0.667. The molecule has 1 aliphatic heterocycles. The highest BCUT2D eigenvalue weighted by Gasteiger charge is 2.37. The number of nitrogens with one attached hydrogen (secondary N) is 2. The maximum atomic E-state index is 12.2. The van der Waals surface area contributed by atoms with Crippen LogP contribution in [0.1, 0.15) is 45.3 Å². The summed E-state index contributed by atoms with van der Waals surface area (Å²) in [5, 5.41) is 8.56. The van der Waals surface area contributed by atoms with Crippen molar-refractivity contribution in [3.05, 3.63) is 16.1 Å². The van der Waals surface area contributed by atoms with Gasteiger partial charge in [-0.1, -0.05) is 20.8 Å². The minimum absolute atomic E-state index is 0.0122. The van der Waals surface area contributed by atoms with E-state index in [2.05, 4.69) is 36.4 Å². The number of hydrogen-bond donors (Lipinski definition) is 2. The molecule has 1 saturated heterocycles. The Bertz CT molecular complexity index is 576. The number of thioether (sulfide) groups is 1. The van der Waals surface area contributed by atoms with Crippen LogP contribution in [-0.2, 0) is 21.5 Å². The summed E-state index contributed by atoms with van der Waals surface area (Å²) in [6.07, 6.45) is 0. The molecule has 7 heteroatoms. The summed E-state index contributed by atoms with van der Waals surface area (Å²) in [4.78, 5) is 28.6. The number of nitrogens with zero attached hydrogens (tertiary/aromatic N) is 1. The third-order valence-electron chi connectivity index (χ3n) is 3.51. The van der Waals surface area contributed by atoms with Crippen LogP contribution in [0.3, 0.4) is 0 Å². The average Bonchev–Trinajstić information content (AvgIpc) is 2.88. The molecule has 0 bridgehead atoms. The fourth-order valence-corrected chi connectivity index (χ4v) is 3.86. The van der Waals surface area contributed by atoms with E-state index in [0.29, 0.717) is 12.3 Å². The largest absolute Gasteiger partial charge is 0.348 e. The molecule has 1 fully saturated rings. The molecule has 1 aliphatic rings. The van der Waals surface area contributed by atoms with Gasteiger partial charge < -0.3 is 10.6 Å². The lowest BCUT2D eigenvalue weighted by atomic mass is 9.93. The molecular weight excluding hydrogens is 318 g/mol. The van der Waals surface area contributed by atoms with Gasteiger partial charge in [0.1, 0.15) is 11.0 Å². The van der Waals surface area contributed by atoms with E-state index in [1.54, 1.807) is 11.3 Å². The van der Waals surface area contributed by atoms with Crippen molar-refractivity contribution in [1.82, 2.24) is 15.6 Å². The van der Waals surface area contributed by atoms with Crippen LogP contribution in [0.5, 0.6) is 0 Å². The second kappa shape index (κ2) is 6.20. The molecule has 22 heavy (non-hydrogen) atoms. The van der Waals surface area contributed by atoms with E-state index in [1.165, 1.54) is 11.8 Å². The molecular formula is C15H23N3O2S2. The van der Waals surface area contributed by atoms with E-state index >= 15 is 0 Å². The Labute approximate surface area is 139 Å². The molecule has 1 aromatic rings. The van der Waals surface area contributed by atoms with Gasteiger partial charge in [-0.05, 0) is 13.8 Å². The van der Waals surface area contributed by atoms with Crippen LogP contribution < -0.4 is 10.6 Å². The van der Waals surface area contributed by atoms with Crippen LogP contribution in [0.15, 0.2) is 5.38 Å². The van der Waals surface area contributed by atoms with Crippen molar-refractivity contribution in [2.45, 2.75) is 57.4 Å². The zero-order valence-corrected chi connectivity index (χ0v) is 15.3. The summed E-state index contributed by atoms with van der Waals surface area (Å²) in [5.41, 5.74) is 1.04. The van der Waals surface area contributed by atoms with Gasteiger partial charge in [0.2, 0.25) is 11.8 Å². The highest BCUT2D eigenvalue weighted by Crippen LogP contribution is 2.29. The molecule has 0 aromatic carbocycles. The molecule has 2 heterocycles. The van der Waals surface area contributed by atoms with Crippen LogP contribution in [0.2, 0.25) is 0 Å². The van der Waals surface area contributed by atoms with Crippen molar-refractivity contribution < 1.29 is 9.59 Å². The summed E-state index contributed by atoms with van der Waals surface area (Å²) in [7, 11) is 0. The standard InChI is InChI=1S/C15H23N3O2S2/c1-14(2,3)10-8-21-11(18-10)6-16-12(19)9-7-22-15(4,5)13(20)17-9/h8-9H,6-7H2,1-5H3,(H,16,19)(H,17,20). The normalized spacial score (nSPS) is 21.3. The highest BCUT2D eigenvalue weighted by molar-refractivity contribution is 8.01. The van der Waals surface area contributed by atoms with Crippen molar-refractivity contribution in [2.75, 3.05) is 5.75 Å². The Balaban J connectivity index is 1.88. The van der Waals surface area contributed by atoms with Gasteiger partial charge in [0, 0.05) is 16.5 Å². The second-order valence-corrected chi connectivity index (χ2v) is 9.53. The van der Waals surface area contributed by atoms with Crippen molar-refractivity contribution >= 4 is 34.9 Å². The van der Waals surface area contributed by atoms with Gasteiger partial charge in [-0.25, -0.2) is 4.98 Å². The Hall–Kier alpha value is -1.08. The van der Waals surface area contributed by atoms with Gasteiger partial charge in [0.25, 0.3) is 0 Å². The quantitative estimate of drug-likeness (QED) is 0.883. The van der Waals surface area contributed by atoms with Gasteiger partial charge in [0.15, 0.2) is 0 Å². The number of carbonyl (C=O) groups is 2. The lowest BCUT2D eigenvalue weighted by molar-refractivity contribution is -0.129. The van der Waals surface area contributed by atoms with Crippen molar-refractivity contribution in [3.8, 4) is 0 Å². The predicted octanol–water partition coefficient (Wildman–Crippen LogP) is 2.07. The molecule has 1 unspecified atom stereocenters. The average molecular weight is 342 g/mol. The van der Waals surface area contributed by atoms with Gasteiger partial charge in [-0.3, -0.25) is 9.59 Å². The van der Waals surface area contributed by atoms with Crippen molar-refractivity contribution in [2.24, 2.45) is 0 Å². The summed E-state index contributed by atoms with van der Waals surface area (Å²) in [6, 6.07) is -0.465. The number of thiazole rings is 1. The van der Waals surface area contributed by atoms with Crippen molar-refractivity contribution in [3.63, 3.8) is 0 Å². The van der Waals surface area contributed by atoms with E-state index < -0.39 is 10.8 Å². The third-order valence-corrected chi connectivity index (χ3v) is 5.77.